The van der Waals surface area contributed by atoms with Gasteiger partial charge in [-0.25, -0.2) is 4.98 Å². The molecule has 2 saturated heterocycles. The number of hydrogen-bond donors (Lipinski definition) is 0. The van der Waals surface area contributed by atoms with Gasteiger partial charge < -0.3 is 9.80 Å². The lowest BCUT2D eigenvalue weighted by molar-refractivity contribution is 0.0511. The molecule has 25 heavy (non-hydrogen) atoms. The Morgan fingerprint density at radius 2 is 1.92 bits per heavy atom. The van der Waals surface area contributed by atoms with Crippen LogP contribution in [0.5, 0.6) is 0 Å². The lowest BCUT2D eigenvalue weighted by atomic mass is 9.79. The molecule has 2 aliphatic heterocycles. The Morgan fingerprint density at radius 3 is 2.64 bits per heavy atom. The van der Waals surface area contributed by atoms with Crippen molar-refractivity contribution in [2.24, 2.45) is 5.41 Å². The number of likely N-dealkylation sites (tertiary alicyclic amines) is 2. The summed E-state index contributed by atoms with van der Waals surface area (Å²) < 4.78 is 0. The molecule has 0 N–H and O–H groups in total. The normalized spacial score (nSPS) is 23.2. The molecule has 0 aromatic carbocycles. The molecule has 0 aliphatic carbocycles. The summed E-state index contributed by atoms with van der Waals surface area (Å²) in [6.07, 6.45) is 7.61. The third-order valence-electron chi connectivity index (χ3n) is 5.19. The van der Waals surface area contributed by atoms with Gasteiger partial charge >= 0.3 is 0 Å². The van der Waals surface area contributed by atoms with E-state index in [2.05, 4.69) is 9.97 Å². The van der Waals surface area contributed by atoms with E-state index >= 15 is 0 Å². The van der Waals surface area contributed by atoms with Crippen molar-refractivity contribution >= 4 is 23.2 Å². The van der Waals surface area contributed by atoms with E-state index in [0.717, 1.165) is 43.8 Å². The number of piperidine rings is 1. The van der Waals surface area contributed by atoms with Crippen LogP contribution in [0.25, 0.3) is 0 Å². The number of carbonyl (C=O) groups excluding carboxylic acids is 2. The molecule has 4 rings (SSSR count). The number of nitrogens with zero attached hydrogens (tertiary/aromatic N) is 4. The molecule has 2 aromatic heterocycles. The molecular weight excluding hydrogens is 336 g/mol. The second-order valence-corrected chi connectivity index (χ2v) is 7.82. The first kappa shape index (κ1) is 16.2. The van der Waals surface area contributed by atoms with Crippen LogP contribution in [0.3, 0.4) is 0 Å². The van der Waals surface area contributed by atoms with Crippen LogP contribution in [0, 0.1) is 5.41 Å². The SMILES string of the molecule is O=C(c1cnccn1)N1CCC[C@@]2(CCN(C(=O)c3cccs3)C2)C1. The Balaban J connectivity index is 1.46. The van der Waals surface area contributed by atoms with Crippen LogP contribution >= 0.6 is 11.3 Å². The zero-order valence-corrected chi connectivity index (χ0v) is 14.7. The van der Waals surface area contributed by atoms with E-state index < -0.39 is 0 Å². The highest BCUT2D eigenvalue weighted by molar-refractivity contribution is 7.12. The molecule has 0 radical (unpaired) electrons. The third-order valence-corrected chi connectivity index (χ3v) is 6.05. The van der Waals surface area contributed by atoms with Gasteiger partial charge in [-0.3, -0.25) is 14.6 Å². The Bertz CT molecular complexity index is 765. The largest absolute Gasteiger partial charge is 0.337 e. The second-order valence-electron chi connectivity index (χ2n) is 6.87. The minimum Gasteiger partial charge on any atom is -0.337 e. The quantitative estimate of drug-likeness (QED) is 0.828. The summed E-state index contributed by atoms with van der Waals surface area (Å²) in [6.45, 7) is 2.94. The first-order chi connectivity index (χ1) is 12.2. The molecule has 2 fully saturated rings. The number of aromatic nitrogens is 2. The standard InChI is InChI=1S/C18H20N4O2S/c23-16(14-11-19-6-7-20-14)21-8-2-4-18(12-21)5-9-22(13-18)17(24)15-3-1-10-25-15/h1,3,6-7,10-11H,2,4-5,8-9,12-13H2/t18-/m1/s1. The highest BCUT2D eigenvalue weighted by Crippen LogP contribution is 2.39. The van der Waals surface area contributed by atoms with Crippen molar-refractivity contribution in [1.29, 1.82) is 0 Å². The van der Waals surface area contributed by atoms with Crippen molar-refractivity contribution in [2.75, 3.05) is 26.2 Å². The molecule has 4 heterocycles. The van der Waals surface area contributed by atoms with E-state index in [-0.39, 0.29) is 17.2 Å². The summed E-state index contributed by atoms with van der Waals surface area (Å²) in [5.74, 6) is 0.0551. The number of amides is 2. The molecule has 1 atom stereocenters. The van der Waals surface area contributed by atoms with Gasteiger partial charge in [0.05, 0.1) is 11.1 Å². The fourth-order valence-corrected chi connectivity index (χ4v) is 4.64. The number of rotatable bonds is 2. The van der Waals surface area contributed by atoms with Crippen LogP contribution in [-0.2, 0) is 0 Å². The number of thiophene rings is 1. The first-order valence-corrected chi connectivity index (χ1v) is 9.43. The summed E-state index contributed by atoms with van der Waals surface area (Å²) in [4.78, 5) is 38.0. The lowest BCUT2D eigenvalue weighted by Crippen LogP contribution is -2.47. The van der Waals surface area contributed by atoms with E-state index in [1.54, 1.807) is 12.4 Å². The summed E-state index contributed by atoms with van der Waals surface area (Å²) in [5.41, 5.74) is 0.410. The van der Waals surface area contributed by atoms with Crippen LogP contribution in [-0.4, -0.2) is 57.8 Å². The maximum Gasteiger partial charge on any atom is 0.274 e. The van der Waals surface area contributed by atoms with Crippen molar-refractivity contribution in [2.45, 2.75) is 19.3 Å². The van der Waals surface area contributed by atoms with E-state index in [1.807, 2.05) is 27.3 Å². The molecule has 6 nitrogen and oxygen atoms in total. The molecule has 2 aliphatic rings. The van der Waals surface area contributed by atoms with Gasteiger partial charge in [-0.1, -0.05) is 6.07 Å². The first-order valence-electron chi connectivity index (χ1n) is 8.55. The molecule has 0 bridgehead atoms. The molecule has 2 amide bonds. The molecule has 130 valence electrons. The van der Waals surface area contributed by atoms with Gasteiger partial charge in [0.25, 0.3) is 11.8 Å². The van der Waals surface area contributed by atoms with E-state index in [9.17, 15) is 9.59 Å². The Morgan fingerprint density at radius 1 is 1.08 bits per heavy atom. The summed E-state index contributed by atoms with van der Waals surface area (Å²) in [5, 5.41) is 1.93. The summed E-state index contributed by atoms with van der Waals surface area (Å²) in [7, 11) is 0. The average molecular weight is 356 g/mol. The van der Waals surface area contributed by atoms with Crippen molar-refractivity contribution in [3.63, 3.8) is 0 Å². The molecule has 2 aromatic rings. The molecular formula is C18H20N4O2S. The van der Waals surface area contributed by atoms with Crippen molar-refractivity contribution in [1.82, 2.24) is 19.8 Å². The van der Waals surface area contributed by atoms with Crippen LogP contribution in [0.2, 0.25) is 0 Å². The minimum absolute atomic E-state index is 0.0169. The zero-order valence-electron chi connectivity index (χ0n) is 13.9. The van der Waals surface area contributed by atoms with Crippen LogP contribution in [0.4, 0.5) is 0 Å². The van der Waals surface area contributed by atoms with E-state index in [0.29, 0.717) is 12.2 Å². The summed E-state index contributed by atoms with van der Waals surface area (Å²) in [6, 6.07) is 3.79. The molecule has 7 heteroatoms. The van der Waals surface area contributed by atoms with Crippen LogP contribution < -0.4 is 0 Å². The maximum atomic E-state index is 12.7. The van der Waals surface area contributed by atoms with Gasteiger partial charge in [-0.15, -0.1) is 11.3 Å². The highest BCUT2D eigenvalue weighted by atomic mass is 32.1. The van der Waals surface area contributed by atoms with Gasteiger partial charge in [0, 0.05) is 44.0 Å². The minimum atomic E-state index is -0.0600. The van der Waals surface area contributed by atoms with E-state index in [1.165, 1.54) is 17.5 Å². The molecule has 1 spiro atoms. The van der Waals surface area contributed by atoms with Gasteiger partial charge in [0.15, 0.2) is 0 Å². The Kier molecular flexibility index (Phi) is 4.25. The van der Waals surface area contributed by atoms with Gasteiger partial charge in [0.1, 0.15) is 5.69 Å². The number of carbonyl (C=O) groups is 2. The molecule has 0 unspecified atom stereocenters. The maximum absolute atomic E-state index is 12.7. The van der Waals surface area contributed by atoms with Gasteiger partial charge in [0.2, 0.25) is 0 Å². The number of hydrogen-bond acceptors (Lipinski definition) is 5. The molecule has 0 saturated carbocycles. The van der Waals surface area contributed by atoms with Crippen molar-refractivity contribution in [3.05, 3.63) is 46.7 Å². The van der Waals surface area contributed by atoms with E-state index in [4.69, 9.17) is 0 Å². The predicted octanol–water partition coefficient (Wildman–Crippen LogP) is 2.31. The third kappa shape index (κ3) is 3.16. The average Bonchev–Trinajstić information content (AvgIpc) is 3.32. The Labute approximate surface area is 150 Å². The fourth-order valence-electron chi connectivity index (χ4n) is 3.95. The van der Waals surface area contributed by atoms with Crippen LogP contribution in [0.15, 0.2) is 36.1 Å². The van der Waals surface area contributed by atoms with Crippen LogP contribution in [0.1, 0.15) is 39.4 Å². The Hall–Kier alpha value is -2.28. The van der Waals surface area contributed by atoms with Gasteiger partial charge in [-0.2, -0.15) is 0 Å². The van der Waals surface area contributed by atoms with Crippen molar-refractivity contribution < 1.29 is 9.59 Å². The highest BCUT2D eigenvalue weighted by Gasteiger charge is 2.44. The topological polar surface area (TPSA) is 66.4 Å². The zero-order chi connectivity index (χ0) is 17.3. The monoisotopic (exact) mass is 356 g/mol. The second kappa shape index (κ2) is 6.55. The summed E-state index contributed by atoms with van der Waals surface area (Å²) >= 11 is 1.48. The van der Waals surface area contributed by atoms with Crippen molar-refractivity contribution in [3.8, 4) is 0 Å². The smallest absolute Gasteiger partial charge is 0.274 e. The lowest BCUT2D eigenvalue weighted by Gasteiger charge is -2.40. The predicted molar refractivity (Wildman–Crippen MR) is 94.4 cm³/mol. The fraction of sp³-hybridized carbons (Fsp3) is 0.444. The van der Waals surface area contributed by atoms with Gasteiger partial charge in [-0.05, 0) is 30.7 Å².